The van der Waals surface area contributed by atoms with Crippen LogP contribution in [0.2, 0.25) is 0 Å². The normalized spacial score (nSPS) is 15.8. The summed E-state index contributed by atoms with van der Waals surface area (Å²) in [6.45, 7) is 3.17. The molecular formula is C15H21NO3S. The van der Waals surface area contributed by atoms with Crippen molar-refractivity contribution in [2.45, 2.75) is 26.2 Å². The maximum atomic E-state index is 12.0. The fourth-order valence-corrected chi connectivity index (χ4v) is 3.38. The molecule has 5 heteroatoms. The summed E-state index contributed by atoms with van der Waals surface area (Å²) in [5.74, 6) is 0.599. The fraction of sp³-hybridized carbons (Fsp3) is 0.533. The Kier molecular flexibility index (Phi) is 4.81. The molecule has 0 fully saturated rings. The van der Waals surface area contributed by atoms with Crippen LogP contribution in [-0.2, 0) is 9.84 Å². The zero-order valence-electron chi connectivity index (χ0n) is 11.8. The molecule has 110 valence electrons. The summed E-state index contributed by atoms with van der Waals surface area (Å²) in [5.41, 5.74) is 1.72. The molecule has 0 aromatic heterocycles. The van der Waals surface area contributed by atoms with Crippen molar-refractivity contribution in [2.75, 3.05) is 29.5 Å². The third-order valence-electron chi connectivity index (χ3n) is 3.70. The van der Waals surface area contributed by atoms with Crippen molar-refractivity contribution < 1.29 is 13.2 Å². The summed E-state index contributed by atoms with van der Waals surface area (Å²) in [6, 6.07) is 7.61. The van der Waals surface area contributed by atoms with Gasteiger partial charge in [0.2, 0.25) is 0 Å². The van der Waals surface area contributed by atoms with Crippen molar-refractivity contribution >= 4 is 21.3 Å². The van der Waals surface area contributed by atoms with Crippen LogP contribution in [0, 0.1) is 0 Å². The molecule has 0 bridgehead atoms. The standard InChI is InChI=1S/C15H21NO3S/c1-2-20(18,19)12-6-11-16-10-5-9-15(17)13-7-3-4-8-14(13)16/h3-4,7-8H,2,5-6,9-12H2,1H3. The Balaban J connectivity index is 2.08. The molecule has 0 unspecified atom stereocenters. The Morgan fingerprint density at radius 2 is 2.00 bits per heavy atom. The second-order valence-corrected chi connectivity index (χ2v) is 7.59. The van der Waals surface area contributed by atoms with Crippen LogP contribution >= 0.6 is 0 Å². The number of Topliss-reactive ketones (excluding diaryl/α,β-unsaturated/α-hetero) is 1. The minimum Gasteiger partial charge on any atom is -0.371 e. The zero-order chi connectivity index (χ0) is 14.6. The van der Waals surface area contributed by atoms with E-state index in [0.29, 0.717) is 19.4 Å². The Morgan fingerprint density at radius 1 is 1.25 bits per heavy atom. The highest BCUT2D eigenvalue weighted by molar-refractivity contribution is 7.91. The Hall–Kier alpha value is -1.36. The van der Waals surface area contributed by atoms with E-state index in [2.05, 4.69) is 4.90 Å². The van der Waals surface area contributed by atoms with Gasteiger partial charge >= 0.3 is 0 Å². The van der Waals surface area contributed by atoms with Gasteiger partial charge in [0.25, 0.3) is 0 Å². The molecule has 0 amide bonds. The van der Waals surface area contributed by atoms with Gasteiger partial charge in [0.1, 0.15) is 9.84 Å². The van der Waals surface area contributed by atoms with E-state index in [1.54, 1.807) is 6.92 Å². The van der Waals surface area contributed by atoms with Crippen LogP contribution < -0.4 is 4.90 Å². The molecule has 0 N–H and O–H groups in total. The zero-order valence-corrected chi connectivity index (χ0v) is 12.7. The maximum Gasteiger partial charge on any atom is 0.165 e. The maximum absolute atomic E-state index is 12.0. The average molecular weight is 295 g/mol. The quantitative estimate of drug-likeness (QED) is 0.836. The summed E-state index contributed by atoms with van der Waals surface area (Å²) < 4.78 is 23.1. The first-order valence-electron chi connectivity index (χ1n) is 7.11. The van der Waals surface area contributed by atoms with E-state index < -0.39 is 9.84 Å². The van der Waals surface area contributed by atoms with Crippen LogP contribution in [0.3, 0.4) is 0 Å². The van der Waals surface area contributed by atoms with E-state index in [-0.39, 0.29) is 17.3 Å². The summed E-state index contributed by atoms with van der Waals surface area (Å²) in [7, 11) is -2.91. The highest BCUT2D eigenvalue weighted by atomic mass is 32.2. The van der Waals surface area contributed by atoms with Gasteiger partial charge in [0.05, 0.1) is 5.75 Å². The first kappa shape index (κ1) is 15.0. The number of carbonyl (C=O) groups is 1. The smallest absolute Gasteiger partial charge is 0.165 e. The second-order valence-electron chi connectivity index (χ2n) is 5.12. The van der Waals surface area contributed by atoms with Gasteiger partial charge in [-0.25, -0.2) is 8.42 Å². The number of fused-ring (bicyclic) bond motifs is 1. The van der Waals surface area contributed by atoms with Crippen LogP contribution in [0.15, 0.2) is 24.3 Å². The molecule has 1 aliphatic heterocycles. The van der Waals surface area contributed by atoms with Crippen molar-refractivity contribution in [2.24, 2.45) is 0 Å². The van der Waals surface area contributed by atoms with E-state index in [1.165, 1.54) is 0 Å². The van der Waals surface area contributed by atoms with E-state index in [0.717, 1.165) is 24.2 Å². The number of ketones is 1. The second kappa shape index (κ2) is 6.39. The third kappa shape index (κ3) is 3.60. The molecule has 1 aromatic carbocycles. The summed E-state index contributed by atoms with van der Waals surface area (Å²) in [5, 5.41) is 0. The molecule has 0 atom stereocenters. The molecule has 1 aromatic rings. The number of sulfone groups is 1. The van der Waals surface area contributed by atoms with Gasteiger partial charge in [-0.15, -0.1) is 0 Å². The highest BCUT2D eigenvalue weighted by Crippen LogP contribution is 2.26. The summed E-state index contributed by atoms with van der Waals surface area (Å²) in [4.78, 5) is 14.2. The van der Waals surface area contributed by atoms with Crippen molar-refractivity contribution in [3.63, 3.8) is 0 Å². The van der Waals surface area contributed by atoms with Gasteiger partial charge in [0, 0.05) is 36.5 Å². The molecule has 0 saturated heterocycles. The van der Waals surface area contributed by atoms with E-state index in [4.69, 9.17) is 0 Å². The molecule has 20 heavy (non-hydrogen) atoms. The molecule has 1 aliphatic rings. The lowest BCUT2D eigenvalue weighted by atomic mass is 10.1. The van der Waals surface area contributed by atoms with Crippen molar-refractivity contribution in [3.8, 4) is 0 Å². The molecule has 4 nitrogen and oxygen atoms in total. The minimum atomic E-state index is -2.91. The van der Waals surface area contributed by atoms with Crippen molar-refractivity contribution in [1.29, 1.82) is 0 Å². The first-order valence-corrected chi connectivity index (χ1v) is 8.93. The van der Waals surface area contributed by atoms with Crippen molar-refractivity contribution in [1.82, 2.24) is 0 Å². The Morgan fingerprint density at radius 3 is 2.75 bits per heavy atom. The number of hydrogen-bond donors (Lipinski definition) is 0. The van der Waals surface area contributed by atoms with Crippen LogP contribution in [0.25, 0.3) is 0 Å². The van der Waals surface area contributed by atoms with E-state index >= 15 is 0 Å². The topological polar surface area (TPSA) is 54.5 Å². The van der Waals surface area contributed by atoms with Crippen LogP contribution in [0.4, 0.5) is 5.69 Å². The van der Waals surface area contributed by atoms with Crippen LogP contribution in [0.1, 0.15) is 36.5 Å². The summed E-state index contributed by atoms with van der Waals surface area (Å²) >= 11 is 0. The molecule has 2 rings (SSSR count). The molecule has 1 heterocycles. The van der Waals surface area contributed by atoms with Crippen LogP contribution in [0.5, 0.6) is 0 Å². The largest absolute Gasteiger partial charge is 0.371 e. The van der Waals surface area contributed by atoms with Gasteiger partial charge < -0.3 is 4.90 Å². The van der Waals surface area contributed by atoms with Gasteiger partial charge in [-0.05, 0) is 25.0 Å². The number of hydrogen-bond acceptors (Lipinski definition) is 4. The van der Waals surface area contributed by atoms with Crippen molar-refractivity contribution in [3.05, 3.63) is 29.8 Å². The molecule has 0 saturated carbocycles. The summed E-state index contributed by atoms with van der Waals surface area (Å²) in [6.07, 6.45) is 2.01. The van der Waals surface area contributed by atoms with Gasteiger partial charge in [-0.1, -0.05) is 19.1 Å². The molecular weight excluding hydrogens is 274 g/mol. The lowest BCUT2D eigenvalue weighted by Crippen LogP contribution is -2.27. The highest BCUT2D eigenvalue weighted by Gasteiger charge is 2.20. The van der Waals surface area contributed by atoms with Gasteiger partial charge in [0.15, 0.2) is 5.78 Å². The molecule has 0 aliphatic carbocycles. The van der Waals surface area contributed by atoms with E-state index in [9.17, 15) is 13.2 Å². The molecule has 0 spiro atoms. The third-order valence-corrected chi connectivity index (χ3v) is 5.49. The first-order chi connectivity index (χ1) is 9.53. The SMILES string of the molecule is CCS(=O)(=O)CCCN1CCCC(=O)c2ccccc21. The molecule has 0 radical (unpaired) electrons. The predicted molar refractivity (Wildman–Crippen MR) is 81.2 cm³/mol. The Labute approximate surface area is 120 Å². The van der Waals surface area contributed by atoms with E-state index in [1.807, 2.05) is 24.3 Å². The number of nitrogens with zero attached hydrogens (tertiary/aromatic N) is 1. The lowest BCUT2D eigenvalue weighted by Gasteiger charge is -2.24. The lowest BCUT2D eigenvalue weighted by molar-refractivity contribution is 0.0984. The van der Waals surface area contributed by atoms with Gasteiger partial charge in [-0.2, -0.15) is 0 Å². The van der Waals surface area contributed by atoms with Gasteiger partial charge in [-0.3, -0.25) is 4.79 Å². The van der Waals surface area contributed by atoms with Crippen LogP contribution in [-0.4, -0.2) is 38.8 Å². The monoisotopic (exact) mass is 295 g/mol. The number of benzene rings is 1. The predicted octanol–water partition coefficient (Wildman–Crippen LogP) is 2.29. The minimum absolute atomic E-state index is 0.185. The number of rotatable bonds is 5. The Bertz CT molecular complexity index is 581. The average Bonchev–Trinajstić information content (AvgIpc) is 2.60. The number of carbonyl (C=O) groups excluding carboxylic acids is 1. The number of para-hydroxylation sites is 1. The fourth-order valence-electron chi connectivity index (χ4n) is 2.52. The number of anilines is 1.